The van der Waals surface area contributed by atoms with Crippen molar-refractivity contribution in [1.82, 2.24) is 9.19 Å². The van der Waals surface area contributed by atoms with Crippen molar-refractivity contribution in [3.05, 3.63) is 47.2 Å². The summed E-state index contributed by atoms with van der Waals surface area (Å²) in [7, 11) is 0. The first-order valence-corrected chi connectivity index (χ1v) is 6.05. The SMILES string of the molecule is NC(=O)c1cccc(C(F)(F)F)c1COc1ccn(S)n1. The van der Waals surface area contributed by atoms with E-state index in [0.29, 0.717) is 0 Å². The van der Waals surface area contributed by atoms with Gasteiger partial charge in [-0.05, 0) is 24.9 Å². The smallest absolute Gasteiger partial charge is 0.416 e. The summed E-state index contributed by atoms with van der Waals surface area (Å²) < 4.78 is 45.2. The summed E-state index contributed by atoms with van der Waals surface area (Å²) in [5, 5.41) is 3.75. The lowest BCUT2D eigenvalue weighted by molar-refractivity contribution is -0.138. The van der Waals surface area contributed by atoms with Gasteiger partial charge >= 0.3 is 6.18 Å². The van der Waals surface area contributed by atoms with Crippen LogP contribution in [0.4, 0.5) is 13.2 Å². The fourth-order valence-corrected chi connectivity index (χ4v) is 1.91. The summed E-state index contributed by atoms with van der Waals surface area (Å²) in [6.07, 6.45) is -3.17. The number of hydrogen-bond donors (Lipinski definition) is 2. The highest BCUT2D eigenvalue weighted by atomic mass is 32.1. The number of alkyl halides is 3. The molecule has 1 aromatic carbocycles. The summed E-state index contributed by atoms with van der Waals surface area (Å²) in [5.74, 6) is -0.878. The van der Waals surface area contributed by atoms with Gasteiger partial charge in [-0.25, -0.2) is 4.09 Å². The molecule has 0 aliphatic rings. The molecule has 0 bridgehead atoms. The molecule has 112 valence electrons. The van der Waals surface area contributed by atoms with Crippen LogP contribution in [0.15, 0.2) is 30.5 Å². The number of thiol groups is 1. The summed E-state index contributed by atoms with van der Waals surface area (Å²) in [4.78, 5) is 11.3. The molecule has 1 aromatic heterocycles. The lowest BCUT2D eigenvalue weighted by atomic mass is 10.0. The number of aromatic nitrogens is 2. The van der Waals surface area contributed by atoms with Gasteiger partial charge in [0.1, 0.15) is 6.61 Å². The second-order valence-corrected chi connectivity index (χ2v) is 4.47. The maximum absolute atomic E-state index is 13.0. The molecule has 0 radical (unpaired) electrons. The van der Waals surface area contributed by atoms with Gasteiger partial charge in [0.2, 0.25) is 11.8 Å². The average molecular weight is 317 g/mol. The van der Waals surface area contributed by atoms with Crippen LogP contribution in [0, 0.1) is 0 Å². The quantitative estimate of drug-likeness (QED) is 0.850. The zero-order chi connectivity index (χ0) is 15.6. The molecular weight excluding hydrogens is 307 g/mol. The van der Waals surface area contributed by atoms with Crippen LogP contribution < -0.4 is 10.5 Å². The van der Waals surface area contributed by atoms with Crippen molar-refractivity contribution < 1.29 is 22.7 Å². The lowest BCUT2D eigenvalue weighted by Crippen LogP contribution is -2.19. The topological polar surface area (TPSA) is 70.1 Å². The third kappa shape index (κ3) is 3.48. The van der Waals surface area contributed by atoms with Gasteiger partial charge in [0, 0.05) is 23.4 Å². The second kappa shape index (κ2) is 5.68. The lowest BCUT2D eigenvalue weighted by Gasteiger charge is -2.15. The van der Waals surface area contributed by atoms with E-state index in [2.05, 4.69) is 17.9 Å². The largest absolute Gasteiger partial charge is 0.472 e. The number of primary amides is 1. The fourth-order valence-electron chi connectivity index (χ4n) is 1.76. The molecule has 0 spiro atoms. The van der Waals surface area contributed by atoms with Gasteiger partial charge < -0.3 is 10.5 Å². The Morgan fingerprint density at radius 3 is 2.62 bits per heavy atom. The Morgan fingerprint density at radius 1 is 1.38 bits per heavy atom. The van der Waals surface area contributed by atoms with E-state index in [4.69, 9.17) is 10.5 Å². The standard InChI is InChI=1S/C12H10F3N3O2S/c13-12(14,15)9-3-1-2-7(11(16)19)8(9)6-20-10-4-5-18(21)17-10/h1-5,21H,6H2,(H2,16,19). The summed E-state index contributed by atoms with van der Waals surface area (Å²) >= 11 is 3.88. The van der Waals surface area contributed by atoms with E-state index in [1.165, 1.54) is 18.3 Å². The van der Waals surface area contributed by atoms with Gasteiger partial charge in [-0.2, -0.15) is 13.2 Å². The Labute approximate surface area is 123 Å². The Morgan fingerprint density at radius 2 is 2.10 bits per heavy atom. The second-order valence-electron chi connectivity index (χ2n) is 4.06. The van der Waals surface area contributed by atoms with Crippen molar-refractivity contribution in [2.45, 2.75) is 12.8 Å². The fraction of sp³-hybridized carbons (Fsp3) is 0.167. The number of nitrogens with two attached hydrogens (primary N) is 1. The van der Waals surface area contributed by atoms with E-state index >= 15 is 0 Å². The van der Waals surface area contributed by atoms with Crippen molar-refractivity contribution in [2.75, 3.05) is 0 Å². The molecule has 2 aromatic rings. The normalized spacial score (nSPS) is 11.4. The number of carbonyl (C=O) groups excluding carboxylic acids is 1. The summed E-state index contributed by atoms with van der Waals surface area (Å²) in [6.45, 7) is -0.487. The molecule has 2 N–H and O–H groups in total. The molecule has 5 nitrogen and oxygen atoms in total. The first kappa shape index (κ1) is 15.2. The van der Waals surface area contributed by atoms with Crippen molar-refractivity contribution in [1.29, 1.82) is 0 Å². The van der Waals surface area contributed by atoms with Crippen LogP contribution in [0.1, 0.15) is 21.5 Å². The van der Waals surface area contributed by atoms with Crippen molar-refractivity contribution in [3.63, 3.8) is 0 Å². The van der Waals surface area contributed by atoms with E-state index < -0.39 is 24.3 Å². The maximum atomic E-state index is 13.0. The summed E-state index contributed by atoms with van der Waals surface area (Å²) in [6, 6.07) is 4.62. The van der Waals surface area contributed by atoms with Crippen LogP contribution in [0.2, 0.25) is 0 Å². The van der Waals surface area contributed by atoms with Crippen LogP contribution in [-0.2, 0) is 12.8 Å². The van der Waals surface area contributed by atoms with E-state index in [-0.39, 0.29) is 17.0 Å². The molecule has 9 heteroatoms. The molecule has 0 saturated carbocycles. The molecule has 21 heavy (non-hydrogen) atoms. The third-order valence-corrected chi connectivity index (χ3v) is 2.89. The highest BCUT2D eigenvalue weighted by Gasteiger charge is 2.35. The molecule has 0 aliphatic heterocycles. The minimum atomic E-state index is -4.62. The number of hydrogen-bond acceptors (Lipinski definition) is 4. The molecule has 1 amide bonds. The van der Waals surface area contributed by atoms with Gasteiger partial charge in [0.25, 0.3) is 0 Å². The predicted octanol–water partition coefficient (Wildman–Crippen LogP) is 2.27. The summed E-state index contributed by atoms with van der Waals surface area (Å²) in [5.41, 5.74) is 3.57. The first-order chi connectivity index (χ1) is 9.79. The molecule has 0 fully saturated rings. The van der Waals surface area contributed by atoms with Crippen LogP contribution in [-0.4, -0.2) is 15.1 Å². The zero-order valence-electron chi connectivity index (χ0n) is 10.5. The van der Waals surface area contributed by atoms with E-state index in [1.807, 2.05) is 0 Å². The minimum Gasteiger partial charge on any atom is -0.472 e. The molecular formula is C12H10F3N3O2S. The Balaban J connectivity index is 2.37. The number of carbonyl (C=O) groups is 1. The Kier molecular flexibility index (Phi) is 4.12. The number of ether oxygens (including phenoxy) is 1. The van der Waals surface area contributed by atoms with Gasteiger partial charge in [-0.1, -0.05) is 6.07 Å². The molecule has 0 saturated heterocycles. The molecule has 0 unspecified atom stereocenters. The zero-order valence-corrected chi connectivity index (χ0v) is 11.4. The Bertz CT molecular complexity index is 670. The first-order valence-electron chi connectivity index (χ1n) is 5.65. The Hall–Kier alpha value is -2.16. The van der Waals surface area contributed by atoms with Crippen LogP contribution in [0.25, 0.3) is 0 Å². The number of rotatable bonds is 4. The number of nitrogens with zero attached hydrogens (tertiary/aromatic N) is 2. The minimum absolute atomic E-state index is 0.0809. The van der Waals surface area contributed by atoms with E-state index in [1.54, 1.807) is 0 Å². The average Bonchev–Trinajstić information content (AvgIpc) is 2.80. The van der Waals surface area contributed by atoms with Gasteiger partial charge in [-0.15, -0.1) is 5.10 Å². The van der Waals surface area contributed by atoms with E-state index in [9.17, 15) is 18.0 Å². The highest BCUT2D eigenvalue weighted by molar-refractivity contribution is 7.78. The van der Waals surface area contributed by atoms with Crippen molar-refractivity contribution in [2.24, 2.45) is 5.73 Å². The molecule has 0 aliphatic carbocycles. The van der Waals surface area contributed by atoms with Crippen LogP contribution in [0.5, 0.6) is 5.88 Å². The molecule has 0 atom stereocenters. The monoisotopic (exact) mass is 317 g/mol. The molecule has 1 heterocycles. The number of benzene rings is 1. The number of halogens is 3. The maximum Gasteiger partial charge on any atom is 0.416 e. The predicted molar refractivity (Wildman–Crippen MR) is 70.9 cm³/mol. The van der Waals surface area contributed by atoms with Crippen LogP contribution in [0.3, 0.4) is 0 Å². The van der Waals surface area contributed by atoms with Gasteiger partial charge in [0.05, 0.1) is 5.56 Å². The van der Waals surface area contributed by atoms with Gasteiger partial charge in [0.15, 0.2) is 0 Å². The van der Waals surface area contributed by atoms with Crippen LogP contribution >= 0.6 is 12.8 Å². The van der Waals surface area contributed by atoms with Crippen molar-refractivity contribution >= 4 is 18.7 Å². The van der Waals surface area contributed by atoms with Gasteiger partial charge in [-0.3, -0.25) is 4.79 Å². The van der Waals surface area contributed by atoms with Crippen molar-refractivity contribution in [3.8, 4) is 5.88 Å². The third-order valence-electron chi connectivity index (χ3n) is 2.66. The molecule has 2 rings (SSSR count). The van der Waals surface area contributed by atoms with E-state index in [0.717, 1.165) is 16.2 Å². The highest BCUT2D eigenvalue weighted by Crippen LogP contribution is 2.33. The number of amides is 1.